The topological polar surface area (TPSA) is 49.4 Å². The number of nitrogens with one attached hydrogen (secondary N) is 1. The van der Waals surface area contributed by atoms with Crippen molar-refractivity contribution in [1.82, 2.24) is 10.2 Å². The van der Waals surface area contributed by atoms with Crippen LogP contribution < -0.4 is 5.32 Å². The molecule has 1 heterocycles. The molecule has 1 saturated carbocycles. The lowest BCUT2D eigenvalue weighted by atomic mass is 10.2. The maximum Gasteiger partial charge on any atom is 0.245 e. The molecule has 13 heavy (non-hydrogen) atoms. The molecule has 0 radical (unpaired) electrons. The summed E-state index contributed by atoms with van der Waals surface area (Å²) < 4.78 is 0. The summed E-state index contributed by atoms with van der Waals surface area (Å²) in [6.45, 7) is 0. The number of amides is 2. The molecule has 2 amide bonds. The molecule has 1 N–H and O–H groups in total. The molecule has 4 heteroatoms. The smallest absolute Gasteiger partial charge is 0.245 e. The first kappa shape index (κ1) is 8.29. The van der Waals surface area contributed by atoms with Gasteiger partial charge < -0.3 is 10.2 Å². The van der Waals surface area contributed by atoms with E-state index in [4.69, 9.17) is 0 Å². The van der Waals surface area contributed by atoms with Crippen molar-refractivity contribution < 1.29 is 9.59 Å². The highest BCUT2D eigenvalue weighted by atomic mass is 16.1. The minimum absolute atomic E-state index is 0.136. The Morgan fingerprint density at radius 3 is 3.08 bits per heavy atom. The van der Waals surface area contributed by atoms with Gasteiger partial charge in [0.25, 0.3) is 0 Å². The molecule has 2 unspecified atom stereocenters. The van der Waals surface area contributed by atoms with E-state index in [9.17, 15) is 9.59 Å². The van der Waals surface area contributed by atoms with Crippen LogP contribution in [-0.4, -0.2) is 30.3 Å². The molecule has 0 aromatic carbocycles. The van der Waals surface area contributed by atoms with Crippen LogP contribution in [0.5, 0.6) is 0 Å². The highest BCUT2D eigenvalue weighted by Crippen LogP contribution is 2.48. The van der Waals surface area contributed by atoms with Crippen LogP contribution >= 0.6 is 0 Å². The van der Waals surface area contributed by atoms with E-state index in [2.05, 4.69) is 5.32 Å². The van der Waals surface area contributed by atoms with Crippen LogP contribution in [0.25, 0.3) is 0 Å². The van der Waals surface area contributed by atoms with Crippen LogP contribution in [-0.2, 0) is 9.59 Å². The van der Waals surface area contributed by atoms with Crippen molar-refractivity contribution in [3.05, 3.63) is 11.8 Å². The first-order valence-corrected chi connectivity index (χ1v) is 4.42. The molecule has 1 aliphatic carbocycles. The molecule has 2 atom stereocenters. The molecule has 2 fully saturated rings. The van der Waals surface area contributed by atoms with Gasteiger partial charge >= 0.3 is 0 Å². The Labute approximate surface area is 76.6 Å². The fraction of sp³-hybridized carbons (Fsp3) is 0.556. The van der Waals surface area contributed by atoms with Crippen molar-refractivity contribution in [2.45, 2.75) is 18.9 Å². The summed E-state index contributed by atoms with van der Waals surface area (Å²) >= 11 is 0. The summed E-state index contributed by atoms with van der Waals surface area (Å²) in [6.07, 6.45) is 4.31. The number of rotatable bonds is 2. The first-order valence-electron chi connectivity index (χ1n) is 4.42. The zero-order valence-corrected chi connectivity index (χ0v) is 7.49. The Balaban J connectivity index is 2.11. The molecule has 70 valence electrons. The van der Waals surface area contributed by atoms with Gasteiger partial charge in [0.15, 0.2) is 0 Å². The number of fused-ring (bicyclic) bond motifs is 1. The van der Waals surface area contributed by atoms with E-state index in [1.54, 1.807) is 11.9 Å². The largest absolute Gasteiger partial charge is 0.356 e. The van der Waals surface area contributed by atoms with Crippen LogP contribution in [0.2, 0.25) is 0 Å². The number of hydrogen-bond donors (Lipinski definition) is 1. The number of carbonyl (C=O) groups excluding carboxylic acids is 2. The van der Waals surface area contributed by atoms with E-state index in [1.165, 1.54) is 6.08 Å². The van der Waals surface area contributed by atoms with Gasteiger partial charge in [0.2, 0.25) is 12.3 Å². The molecule has 2 rings (SSSR count). The standard InChI is InChI=1S/C9H12N2O2/c1-10-9(13)4-7-2-6-3-8(6)11(7)5-12/h4-6,8H,2-3H2,1H3,(H,10,13)/b7-4-. The van der Waals surface area contributed by atoms with Crippen LogP contribution in [0.1, 0.15) is 12.8 Å². The monoisotopic (exact) mass is 180 g/mol. The number of nitrogens with zero attached hydrogens (tertiary/aromatic N) is 1. The van der Waals surface area contributed by atoms with E-state index < -0.39 is 0 Å². The zero-order chi connectivity index (χ0) is 9.42. The molecule has 0 aromatic rings. The summed E-state index contributed by atoms with van der Waals surface area (Å²) in [5, 5.41) is 2.51. The zero-order valence-electron chi connectivity index (χ0n) is 7.49. The number of allylic oxidation sites excluding steroid dienone is 1. The van der Waals surface area contributed by atoms with Gasteiger partial charge in [-0.3, -0.25) is 9.59 Å². The molecule has 2 aliphatic rings. The maximum atomic E-state index is 11.0. The Kier molecular flexibility index (Phi) is 1.83. The molecule has 1 aliphatic heterocycles. The normalized spacial score (nSPS) is 33.0. The molecule has 0 bridgehead atoms. The summed E-state index contributed by atoms with van der Waals surface area (Å²) in [5.41, 5.74) is 0.857. The molecule has 0 spiro atoms. The minimum Gasteiger partial charge on any atom is -0.356 e. The lowest BCUT2D eigenvalue weighted by molar-refractivity contribution is -0.116. The summed E-state index contributed by atoms with van der Waals surface area (Å²) in [5.74, 6) is 0.476. The van der Waals surface area contributed by atoms with E-state index in [0.29, 0.717) is 12.0 Å². The minimum atomic E-state index is -0.136. The Morgan fingerprint density at radius 1 is 1.69 bits per heavy atom. The number of hydrogen-bond acceptors (Lipinski definition) is 2. The second kappa shape index (κ2) is 2.87. The van der Waals surface area contributed by atoms with E-state index >= 15 is 0 Å². The summed E-state index contributed by atoms with van der Waals surface area (Å²) in [6, 6.07) is 0.383. The third-order valence-electron chi connectivity index (χ3n) is 2.70. The number of carbonyl (C=O) groups is 2. The maximum absolute atomic E-state index is 11.0. The first-order chi connectivity index (χ1) is 6.26. The van der Waals surface area contributed by atoms with E-state index in [0.717, 1.165) is 24.9 Å². The van der Waals surface area contributed by atoms with Crippen LogP contribution in [0.4, 0.5) is 0 Å². The fourth-order valence-electron chi connectivity index (χ4n) is 1.88. The SMILES string of the molecule is CNC(=O)/C=C1/CC2CC2N1C=O. The van der Waals surface area contributed by atoms with Crippen LogP contribution in [0.15, 0.2) is 11.8 Å². The Morgan fingerprint density at radius 2 is 2.46 bits per heavy atom. The summed E-state index contributed by atoms with van der Waals surface area (Å²) in [4.78, 5) is 23.4. The fourth-order valence-corrected chi connectivity index (χ4v) is 1.88. The van der Waals surface area contributed by atoms with Crippen molar-refractivity contribution in [2.75, 3.05) is 7.05 Å². The van der Waals surface area contributed by atoms with E-state index in [-0.39, 0.29) is 5.91 Å². The van der Waals surface area contributed by atoms with Gasteiger partial charge in [0.05, 0.1) is 0 Å². The molecular formula is C9H12N2O2. The number of likely N-dealkylation sites (N-methyl/N-ethyl adjacent to an activating group) is 1. The van der Waals surface area contributed by atoms with Crippen LogP contribution in [0, 0.1) is 5.92 Å². The van der Waals surface area contributed by atoms with Gasteiger partial charge in [0.1, 0.15) is 0 Å². The van der Waals surface area contributed by atoms with E-state index in [1.807, 2.05) is 0 Å². The van der Waals surface area contributed by atoms with Gasteiger partial charge in [0, 0.05) is 24.9 Å². The lowest BCUT2D eigenvalue weighted by Gasteiger charge is -2.13. The lowest BCUT2D eigenvalue weighted by Crippen LogP contribution is -2.22. The van der Waals surface area contributed by atoms with Gasteiger partial charge in [-0.2, -0.15) is 0 Å². The highest BCUT2D eigenvalue weighted by molar-refractivity contribution is 5.88. The van der Waals surface area contributed by atoms with Crippen molar-refractivity contribution in [1.29, 1.82) is 0 Å². The second-order valence-electron chi connectivity index (χ2n) is 3.53. The average Bonchev–Trinajstić information content (AvgIpc) is 2.79. The highest BCUT2D eigenvalue weighted by Gasteiger charge is 2.49. The third-order valence-corrected chi connectivity index (χ3v) is 2.70. The number of likely N-dealkylation sites (tertiary alicyclic amines) is 1. The average molecular weight is 180 g/mol. The van der Waals surface area contributed by atoms with Gasteiger partial charge in [-0.05, 0) is 18.8 Å². The number of piperidine rings is 1. The predicted molar refractivity (Wildman–Crippen MR) is 46.6 cm³/mol. The van der Waals surface area contributed by atoms with Gasteiger partial charge in [-0.25, -0.2) is 0 Å². The van der Waals surface area contributed by atoms with Crippen molar-refractivity contribution >= 4 is 12.3 Å². The predicted octanol–water partition coefficient (Wildman–Crippen LogP) is -0.133. The third kappa shape index (κ3) is 1.32. The molecule has 4 nitrogen and oxygen atoms in total. The van der Waals surface area contributed by atoms with Crippen molar-refractivity contribution in [2.24, 2.45) is 5.92 Å². The van der Waals surface area contributed by atoms with Gasteiger partial charge in [-0.15, -0.1) is 0 Å². The summed E-state index contributed by atoms with van der Waals surface area (Å²) in [7, 11) is 1.58. The van der Waals surface area contributed by atoms with Crippen molar-refractivity contribution in [3.8, 4) is 0 Å². The van der Waals surface area contributed by atoms with Crippen LogP contribution in [0.3, 0.4) is 0 Å². The Bertz CT molecular complexity index is 285. The molecule has 0 aromatic heterocycles. The van der Waals surface area contributed by atoms with Crippen molar-refractivity contribution in [3.63, 3.8) is 0 Å². The quantitative estimate of drug-likeness (QED) is 0.475. The molecular weight excluding hydrogens is 168 g/mol. The van der Waals surface area contributed by atoms with Gasteiger partial charge in [-0.1, -0.05) is 0 Å². The second-order valence-corrected chi connectivity index (χ2v) is 3.53. The molecule has 1 saturated heterocycles. The Hall–Kier alpha value is -1.32.